The minimum atomic E-state index is -1.08. The van der Waals surface area contributed by atoms with Gasteiger partial charge in [0.1, 0.15) is 23.4 Å². The van der Waals surface area contributed by atoms with Gasteiger partial charge in [-0.25, -0.2) is 9.59 Å². The zero-order valence-electron chi connectivity index (χ0n) is 31.6. The Kier molecular flexibility index (Phi) is 15.0. The van der Waals surface area contributed by atoms with Gasteiger partial charge in [0.25, 0.3) is 0 Å². The lowest BCUT2D eigenvalue weighted by Gasteiger charge is -2.42. The number of nitrogens with one attached hydrogen (secondary N) is 1. The van der Waals surface area contributed by atoms with Crippen molar-refractivity contribution in [2.24, 2.45) is 11.3 Å². The molecule has 266 valence electrons. The smallest absolute Gasteiger partial charge is 0.410 e. The lowest BCUT2D eigenvalue weighted by atomic mass is 9.76. The fraction of sp³-hybridized carbons (Fsp3) is 0.676. The van der Waals surface area contributed by atoms with Crippen LogP contribution in [-0.4, -0.2) is 84.7 Å². The van der Waals surface area contributed by atoms with E-state index in [2.05, 4.69) is 5.32 Å². The second kappa shape index (κ2) is 17.0. The van der Waals surface area contributed by atoms with Crippen molar-refractivity contribution in [1.29, 1.82) is 0 Å². The molecule has 10 nitrogen and oxygen atoms in total. The summed E-state index contributed by atoms with van der Waals surface area (Å²) in [6.07, 6.45) is 1.91. The molecule has 3 atom stereocenters. The highest BCUT2D eigenvalue weighted by Crippen LogP contribution is 2.34. The summed E-state index contributed by atoms with van der Waals surface area (Å²) in [4.78, 5) is 57.5. The molecule has 47 heavy (non-hydrogen) atoms. The molecular weight excluding hydrogens is 598 g/mol. The number of ether oxygens (including phenoxy) is 3. The molecule has 0 fully saturated rings. The van der Waals surface area contributed by atoms with Gasteiger partial charge in [0.05, 0.1) is 19.3 Å². The van der Waals surface area contributed by atoms with Crippen LogP contribution in [0.25, 0.3) is 0 Å². The maximum absolute atomic E-state index is 14.5. The Hall–Kier alpha value is -3.56. The first-order chi connectivity index (χ1) is 21.5. The van der Waals surface area contributed by atoms with Gasteiger partial charge in [-0.3, -0.25) is 14.5 Å². The van der Waals surface area contributed by atoms with Gasteiger partial charge in [-0.1, -0.05) is 73.6 Å². The lowest BCUT2D eigenvalue weighted by molar-refractivity contribution is -0.142. The summed E-state index contributed by atoms with van der Waals surface area (Å²) in [7, 11) is 3.21. The van der Waals surface area contributed by atoms with Crippen LogP contribution in [0.1, 0.15) is 102 Å². The van der Waals surface area contributed by atoms with E-state index in [9.17, 15) is 19.2 Å². The number of benzene rings is 1. The van der Waals surface area contributed by atoms with Crippen LogP contribution in [0.15, 0.2) is 35.9 Å². The van der Waals surface area contributed by atoms with Crippen molar-refractivity contribution in [3.8, 4) is 5.75 Å². The van der Waals surface area contributed by atoms with Gasteiger partial charge in [0.2, 0.25) is 11.8 Å². The van der Waals surface area contributed by atoms with E-state index in [1.54, 1.807) is 52.6 Å². The van der Waals surface area contributed by atoms with E-state index < -0.39 is 52.5 Å². The maximum Gasteiger partial charge on any atom is 0.410 e. The van der Waals surface area contributed by atoms with Crippen molar-refractivity contribution in [3.63, 3.8) is 0 Å². The van der Waals surface area contributed by atoms with Crippen LogP contribution < -0.4 is 10.1 Å². The number of amides is 3. The van der Waals surface area contributed by atoms with Crippen LogP contribution in [0.2, 0.25) is 0 Å². The largest absolute Gasteiger partial charge is 0.494 e. The molecule has 0 saturated heterocycles. The van der Waals surface area contributed by atoms with E-state index in [4.69, 9.17) is 14.2 Å². The average Bonchev–Trinajstić information content (AvgIpc) is 2.95. The van der Waals surface area contributed by atoms with Crippen LogP contribution in [0, 0.1) is 11.3 Å². The van der Waals surface area contributed by atoms with Crippen molar-refractivity contribution in [1.82, 2.24) is 15.1 Å². The zero-order valence-corrected chi connectivity index (χ0v) is 31.6. The number of hydrogen-bond acceptors (Lipinski definition) is 7. The minimum Gasteiger partial charge on any atom is -0.494 e. The normalized spacial score (nSPS) is 14.5. The van der Waals surface area contributed by atoms with Crippen LogP contribution in [0.4, 0.5) is 4.79 Å². The molecule has 3 amide bonds. The first-order valence-electron chi connectivity index (χ1n) is 16.6. The summed E-state index contributed by atoms with van der Waals surface area (Å²) in [5.74, 6) is -0.671. The Labute approximate surface area is 283 Å². The van der Waals surface area contributed by atoms with Gasteiger partial charge >= 0.3 is 12.1 Å². The molecule has 0 unspecified atom stereocenters. The van der Waals surface area contributed by atoms with Gasteiger partial charge in [-0.2, -0.15) is 0 Å². The van der Waals surface area contributed by atoms with Gasteiger partial charge in [0.15, 0.2) is 0 Å². The van der Waals surface area contributed by atoms with Crippen molar-refractivity contribution >= 4 is 23.9 Å². The van der Waals surface area contributed by atoms with Crippen molar-refractivity contribution < 1.29 is 33.4 Å². The topological polar surface area (TPSA) is 114 Å². The van der Waals surface area contributed by atoms with Crippen LogP contribution >= 0.6 is 0 Å². The Morgan fingerprint density at radius 1 is 0.936 bits per heavy atom. The van der Waals surface area contributed by atoms with Gasteiger partial charge in [-0.15, -0.1) is 0 Å². The molecule has 0 bridgehead atoms. The number of carbonyl (C=O) groups is 4. The fourth-order valence-electron chi connectivity index (χ4n) is 5.33. The fourth-order valence-corrected chi connectivity index (χ4v) is 5.33. The number of likely N-dealkylation sites (N-methyl/N-ethyl adjacent to an activating group) is 2. The highest BCUT2D eigenvalue weighted by Gasteiger charge is 2.46. The molecule has 1 N–H and O–H groups in total. The summed E-state index contributed by atoms with van der Waals surface area (Å²) >= 11 is 0. The molecule has 10 heteroatoms. The Morgan fingerprint density at radius 2 is 1.53 bits per heavy atom. The molecule has 0 aliphatic heterocycles. The van der Waals surface area contributed by atoms with Crippen molar-refractivity contribution in [2.45, 2.75) is 126 Å². The second-order valence-electron chi connectivity index (χ2n) is 15.2. The predicted molar refractivity (Wildman–Crippen MR) is 186 cm³/mol. The molecular formula is C37H61N3O7. The van der Waals surface area contributed by atoms with E-state index >= 15 is 0 Å². The van der Waals surface area contributed by atoms with E-state index in [0.717, 1.165) is 12.0 Å². The number of rotatable bonds is 14. The van der Waals surface area contributed by atoms with Crippen molar-refractivity contribution in [2.75, 3.05) is 27.3 Å². The SMILES string of the molecule is CCCOc1cccc(C(C)(C)[C@@H](C(=O)N[C@H](C(=O)N(C)[C@H](/C=C(\C)C(=O)OCC)C(C)C)C(C)(C)C)N(C)C(=O)OC(C)(C)C)c1. The summed E-state index contributed by atoms with van der Waals surface area (Å²) in [6.45, 7) is 24.8. The number of esters is 1. The van der Waals surface area contributed by atoms with Crippen LogP contribution in [0.5, 0.6) is 5.75 Å². The monoisotopic (exact) mass is 659 g/mol. The molecule has 0 aliphatic carbocycles. The highest BCUT2D eigenvalue weighted by molar-refractivity contribution is 5.93. The van der Waals surface area contributed by atoms with E-state index in [1.807, 2.05) is 79.7 Å². The third-order valence-electron chi connectivity index (χ3n) is 7.95. The molecule has 0 aliphatic rings. The summed E-state index contributed by atoms with van der Waals surface area (Å²) in [5, 5.41) is 3.03. The van der Waals surface area contributed by atoms with E-state index in [-0.39, 0.29) is 18.4 Å². The lowest BCUT2D eigenvalue weighted by Crippen LogP contribution is -2.63. The van der Waals surface area contributed by atoms with Gasteiger partial charge in [0, 0.05) is 25.1 Å². The Morgan fingerprint density at radius 3 is 2.02 bits per heavy atom. The third-order valence-corrected chi connectivity index (χ3v) is 7.95. The molecule has 0 radical (unpaired) electrons. The standard InChI is InChI=1S/C37H61N3O7/c1-16-21-46-27-20-18-19-26(23-27)37(12,13)30(40(15)34(44)47-36(9,10)11)31(41)38-29(35(6,7)8)32(42)39(14)28(24(3)4)22-25(5)33(43)45-17-2/h18-20,22-24,28-30H,16-17,21H2,1-15H3,(H,38,41)/b25-22+/t28-,29-,30-/m1/s1. The summed E-state index contributed by atoms with van der Waals surface area (Å²) in [5.41, 5.74) is -1.28. The molecule has 0 saturated carbocycles. The van der Waals surface area contributed by atoms with Crippen molar-refractivity contribution in [3.05, 3.63) is 41.5 Å². The molecule has 0 spiro atoms. The zero-order chi connectivity index (χ0) is 36.5. The quantitative estimate of drug-likeness (QED) is 0.179. The first kappa shape index (κ1) is 41.5. The second-order valence-corrected chi connectivity index (χ2v) is 15.2. The Balaban J connectivity index is 3.68. The molecule has 1 rings (SSSR count). The predicted octanol–water partition coefficient (Wildman–Crippen LogP) is 6.51. The molecule has 1 aromatic rings. The number of carbonyl (C=O) groups excluding carboxylic acids is 4. The minimum absolute atomic E-state index is 0.0446. The van der Waals surface area contributed by atoms with Crippen LogP contribution in [-0.2, 0) is 29.3 Å². The first-order valence-corrected chi connectivity index (χ1v) is 16.6. The van der Waals surface area contributed by atoms with Gasteiger partial charge in [-0.05, 0) is 70.1 Å². The third kappa shape index (κ3) is 11.9. The summed E-state index contributed by atoms with van der Waals surface area (Å²) in [6, 6.07) is 5.00. The Bertz CT molecular complexity index is 1260. The van der Waals surface area contributed by atoms with Gasteiger partial charge < -0.3 is 24.4 Å². The number of hydrogen-bond donors (Lipinski definition) is 1. The van der Waals surface area contributed by atoms with E-state index in [1.165, 1.54) is 11.9 Å². The van der Waals surface area contributed by atoms with Crippen LogP contribution in [0.3, 0.4) is 0 Å². The van der Waals surface area contributed by atoms with E-state index in [0.29, 0.717) is 17.9 Å². The maximum atomic E-state index is 14.5. The highest BCUT2D eigenvalue weighted by atomic mass is 16.6. The summed E-state index contributed by atoms with van der Waals surface area (Å²) < 4.78 is 16.7. The molecule has 0 heterocycles. The molecule has 0 aromatic heterocycles. The number of nitrogens with zero attached hydrogens (tertiary/aromatic N) is 2. The average molecular weight is 660 g/mol. The molecule has 1 aromatic carbocycles.